The summed E-state index contributed by atoms with van der Waals surface area (Å²) in [5.74, 6) is -0.0602. The quantitative estimate of drug-likeness (QED) is 0.654. The molecule has 0 aliphatic heterocycles. The van der Waals surface area contributed by atoms with E-state index in [-0.39, 0.29) is 10.9 Å². The Bertz CT molecular complexity index is 581. The van der Waals surface area contributed by atoms with E-state index in [0.717, 1.165) is 0 Å². The summed E-state index contributed by atoms with van der Waals surface area (Å²) in [5, 5.41) is 2.95. The molecule has 4 heteroatoms. The number of carbonyl (C=O) groups is 1. The molecule has 0 aliphatic rings. The molecular weight excluding hydrogens is 244 g/mol. The summed E-state index contributed by atoms with van der Waals surface area (Å²) < 4.78 is 0. The fourth-order valence-corrected chi connectivity index (χ4v) is 1.78. The third kappa shape index (κ3) is 2.73. The van der Waals surface area contributed by atoms with Crippen LogP contribution in [0, 0.1) is 0 Å². The Hall–Kier alpha value is -2.20. The average molecular weight is 256 g/mol. The second kappa shape index (κ2) is 5.42. The van der Waals surface area contributed by atoms with Crippen molar-refractivity contribution in [2.24, 2.45) is 5.73 Å². The van der Waals surface area contributed by atoms with Gasteiger partial charge >= 0.3 is 0 Å². The summed E-state index contributed by atoms with van der Waals surface area (Å²) >= 11 is 4.80. The van der Waals surface area contributed by atoms with Gasteiger partial charge in [0.2, 0.25) is 0 Å². The Labute approximate surface area is 111 Å². The minimum absolute atomic E-state index is 0.0602. The van der Waals surface area contributed by atoms with Crippen LogP contribution in [0.4, 0.5) is 5.69 Å². The average Bonchev–Trinajstić information content (AvgIpc) is 2.39. The zero-order chi connectivity index (χ0) is 13.0. The highest BCUT2D eigenvalue weighted by Crippen LogP contribution is 2.18. The van der Waals surface area contributed by atoms with Crippen molar-refractivity contribution in [3.05, 3.63) is 65.7 Å². The largest absolute Gasteiger partial charge is 0.376 e. The molecule has 0 spiro atoms. The molecule has 0 radical (unpaired) electrons. The molecule has 0 unspecified atom stereocenters. The van der Waals surface area contributed by atoms with Gasteiger partial charge in [0.25, 0.3) is 0 Å². The Morgan fingerprint density at radius 1 is 1.00 bits per heavy atom. The van der Waals surface area contributed by atoms with Crippen LogP contribution < -0.4 is 11.1 Å². The van der Waals surface area contributed by atoms with E-state index in [9.17, 15) is 4.79 Å². The lowest BCUT2D eigenvalue weighted by Gasteiger charge is -2.09. The molecule has 2 aromatic rings. The maximum absolute atomic E-state index is 12.3. The fraction of sp³-hybridized carbons (Fsp3) is 0. The molecule has 0 atom stereocenters. The van der Waals surface area contributed by atoms with Gasteiger partial charge in [-0.2, -0.15) is 0 Å². The van der Waals surface area contributed by atoms with Crippen molar-refractivity contribution in [2.75, 3.05) is 5.32 Å². The van der Waals surface area contributed by atoms with E-state index in [1.54, 1.807) is 30.3 Å². The summed E-state index contributed by atoms with van der Waals surface area (Å²) in [5.41, 5.74) is 7.25. The third-order valence-electron chi connectivity index (χ3n) is 2.47. The first-order valence-electron chi connectivity index (χ1n) is 5.43. The summed E-state index contributed by atoms with van der Waals surface area (Å²) in [6, 6.07) is 16.2. The molecule has 0 fully saturated rings. The number of carbonyl (C=O) groups excluding carboxylic acids is 1. The van der Waals surface area contributed by atoms with Crippen LogP contribution in [0.15, 0.2) is 54.6 Å². The SMILES string of the molecule is NC(=S)Nc1ccccc1C(=O)c1ccccc1. The highest BCUT2D eigenvalue weighted by molar-refractivity contribution is 7.80. The van der Waals surface area contributed by atoms with E-state index in [4.69, 9.17) is 18.0 Å². The number of anilines is 1. The van der Waals surface area contributed by atoms with Crippen LogP contribution in [0.25, 0.3) is 0 Å². The van der Waals surface area contributed by atoms with Crippen LogP contribution in [0.2, 0.25) is 0 Å². The maximum Gasteiger partial charge on any atom is 0.195 e. The van der Waals surface area contributed by atoms with E-state index in [1.165, 1.54) is 0 Å². The number of benzene rings is 2. The summed E-state index contributed by atoms with van der Waals surface area (Å²) in [6.45, 7) is 0. The molecule has 0 aliphatic carbocycles. The second-order valence-electron chi connectivity index (χ2n) is 3.73. The summed E-state index contributed by atoms with van der Waals surface area (Å²) in [6.07, 6.45) is 0. The van der Waals surface area contributed by atoms with Crippen LogP contribution in [-0.2, 0) is 0 Å². The molecule has 0 saturated heterocycles. The van der Waals surface area contributed by atoms with E-state index < -0.39 is 0 Å². The maximum atomic E-state index is 12.3. The standard InChI is InChI=1S/C14H12N2OS/c15-14(18)16-12-9-5-4-8-11(12)13(17)10-6-2-1-3-7-10/h1-9H,(H3,15,16,18). The molecule has 0 amide bonds. The zero-order valence-electron chi connectivity index (χ0n) is 9.59. The van der Waals surface area contributed by atoms with Gasteiger partial charge in [-0.1, -0.05) is 42.5 Å². The Morgan fingerprint density at radius 3 is 2.28 bits per heavy atom. The number of hydrogen-bond donors (Lipinski definition) is 2. The fourth-order valence-electron chi connectivity index (χ4n) is 1.67. The van der Waals surface area contributed by atoms with Crippen molar-refractivity contribution in [3.63, 3.8) is 0 Å². The van der Waals surface area contributed by atoms with E-state index in [2.05, 4.69) is 5.32 Å². The van der Waals surface area contributed by atoms with Gasteiger partial charge in [0.15, 0.2) is 10.9 Å². The smallest absolute Gasteiger partial charge is 0.195 e. The Kier molecular flexibility index (Phi) is 3.69. The van der Waals surface area contributed by atoms with Crippen molar-refractivity contribution in [2.45, 2.75) is 0 Å². The van der Waals surface area contributed by atoms with Crippen molar-refractivity contribution in [1.29, 1.82) is 0 Å². The number of hydrogen-bond acceptors (Lipinski definition) is 2. The molecular formula is C14H12N2OS. The lowest BCUT2D eigenvalue weighted by Crippen LogP contribution is -2.20. The highest BCUT2D eigenvalue weighted by atomic mass is 32.1. The predicted octanol–water partition coefficient (Wildman–Crippen LogP) is 2.57. The summed E-state index contributed by atoms with van der Waals surface area (Å²) in [4.78, 5) is 12.3. The second-order valence-corrected chi connectivity index (χ2v) is 4.17. The zero-order valence-corrected chi connectivity index (χ0v) is 10.4. The molecule has 90 valence electrons. The monoisotopic (exact) mass is 256 g/mol. The Balaban J connectivity index is 2.39. The van der Waals surface area contributed by atoms with E-state index >= 15 is 0 Å². The lowest BCUT2D eigenvalue weighted by atomic mass is 10.0. The highest BCUT2D eigenvalue weighted by Gasteiger charge is 2.12. The van der Waals surface area contributed by atoms with Gasteiger partial charge in [-0.05, 0) is 24.4 Å². The van der Waals surface area contributed by atoms with E-state index in [0.29, 0.717) is 16.8 Å². The van der Waals surface area contributed by atoms with Crippen molar-refractivity contribution < 1.29 is 4.79 Å². The van der Waals surface area contributed by atoms with Crippen molar-refractivity contribution in [3.8, 4) is 0 Å². The van der Waals surface area contributed by atoms with Crippen molar-refractivity contribution >= 4 is 28.8 Å². The number of rotatable bonds is 3. The Morgan fingerprint density at radius 2 is 1.61 bits per heavy atom. The van der Waals surface area contributed by atoms with Gasteiger partial charge in [-0.15, -0.1) is 0 Å². The third-order valence-corrected chi connectivity index (χ3v) is 2.57. The molecule has 18 heavy (non-hydrogen) atoms. The van der Waals surface area contributed by atoms with Crippen LogP contribution in [0.1, 0.15) is 15.9 Å². The molecule has 0 saturated carbocycles. The normalized spacial score (nSPS) is 9.78. The minimum Gasteiger partial charge on any atom is -0.376 e. The molecule has 0 aromatic heterocycles. The molecule has 0 bridgehead atoms. The molecule has 3 N–H and O–H groups in total. The number of ketones is 1. The number of thiocarbonyl (C=S) groups is 1. The summed E-state index contributed by atoms with van der Waals surface area (Å²) in [7, 11) is 0. The first-order chi connectivity index (χ1) is 8.68. The number of nitrogens with one attached hydrogen (secondary N) is 1. The predicted molar refractivity (Wildman–Crippen MR) is 76.7 cm³/mol. The van der Waals surface area contributed by atoms with Gasteiger partial charge < -0.3 is 11.1 Å². The van der Waals surface area contributed by atoms with Crippen LogP contribution in [0.5, 0.6) is 0 Å². The van der Waals surface area contributed by atoms with Gasteiger partial charge in [0, 0.05) is 11.1 Å². The molecule has 3 nitrogen and oxygen atoms in total. The first-order valence-corrected chi connectivity index (χ1v) is 5.84. The number of nitrogens with two attached hydrogens (primary N) is 1. The van der Waals surface area contributed by atoms with Gasteiger partial charge in [0.05, 0.1) is 5.69 Å². The van der Waals surface area contributed by atoms with Crippen LogP contribution >= 0.6 is 12.2 Å². The van der Waals surface area contributed by atoms with Gasteiger partial charge in [-0.25, -0.2) is 0 Å². The number of para-hydroxylation sites is 1. The van der Waals surface area contributed by atoms with Crippen LogP contribution in [0.3, 0.4) is 0 Å². The van der Waals surface area contributed by atoms with Gasteiger partial charge in [0.1, 0.15) is 0 Å². The topological polar surface area (TPSA) is 55.1 Å². The van der Waals surface area contributed by atoms with Gasteiger partial charge in [-0.3, -0.25) is 4.79 Å². The molecule has 2 rings (SSSR count). The van der Waals surface area contributed by atoms with E-state index in [1.807, 2.05) is 24.3 Å². The van der Waals surface area contributed by atoms with Crippen LogP contribution in [-0.4, -0.2) is 10.9 Å². The lowest BCUT2D eigenvalue weighted by molar-refractivity contribution is 0.103. The molecule has 2 aromatic carbocycles. The molecule has 0 heterocycles. The minimum atomic E-state index is -0.0602. The first kappa shape index (κ1) is 12.3. The van der Waals surface area contributed by atoms with Crippen molar-refractivity contribution in [1.82, 2.24) is 0 Å².